The molecule has 0 spiro atoms. The van der Waals surface area contributed by atoms with Gasteiger partial charge in [-0.1, -0.05) is 6.92 Å². The number of nitrogens with zero attached hydrogens (tertiary/aromatic N) is 2. The molecule has 1 aromatic heterocycles. The summed E-state index contributed by atoms with van der Waals surface area (Å²) in [5.74, 6) is -0.578. The smallest absolute Gasteiger partial charge is 0.282 e. The van der Waals surface area contributed by atoms with Gasteiger partial charge in [0.1, 0.15) is 11.3 Å². The normalized spacial score (nSPS) is 17.6. The summed E-state index contributed by atoms with van der Waals surface area (Å²) in [7, 11) is 0. The Labute approximate surface area is 115 Å². The van der Waals surface area contributed by atoms with Crippen molar-refractivity contribution in [1.82, 2.24) is 4.57 Å². The zero-order valence-electron chi connectivity index (χ0n) is 11.1. The van der Waals surface area contributed by atoms with Crippen LogP contribution in [0.15, 0.2) is 11.1 Å². The molecule has 5 N–H and O–H groups in total. The number of fused-ring (bicyclic) bond motifs is 1. The minimum absolute atomic E-state index is 0.0700. The summed E-state index contributed by atoms with van der Waals surface area (Å²) >= 11 is 0. The molecule has 7 heteroatoms. The first-order chi connectivity index (χ1) is 9.49. The number of amides is 1. The minimum Gasteiger partial charge on any atom is -0.382 e. The highest BCUT2D eigenvalue weighted by atomic mass is 16.1. The largest absolute Gasteiger partial charge is 0.382 e. The zero-order valence-corrected chi connectivity index (χ0v) is 11.1. The van der Waals surface area contributed by atoms with Crippen LogP contribution in [0, 0.1) is 16.2 Å². The van der Waals surface area contributed by atoms with E-state index in [1.165, 1.54) is 4.57 Å². The van der Waals surface area contributed by atoms with E-state index in [0.29, 0.717) is 0 Å². The molecule has 2 rings (SSSR count). The van der Waals surface area contributed by atoms with E-state index in [0.717, 1.165) is 36.7 Å². The highest BCUT2D eigenvalue weighted by molar-refractivity contribution is 6.30. The first kappa shape index (κ1) is 13.9. The predicted octanol–water partition coefficient (Wildman–Crippen LogP) is 0.619. The van der Waals surface area contributed by atoms with Crippen molar-refractivity contribution in [2.75, 3.05) is 0 Å². The van der Waals surface area contributed by atoms with Crippen LogP contribution in [-0.2, 0) is 6.42 Å². The van der Waals surface area contributed by atoms with Crippen molar-refractivity contribution in [1.29, 1.82) is 16.2 Å². The van der Waals surface area contributed by atoms with E-state index in [1.807, 2.05) is 6.92 Å². The van der Waals surface area contributed by atoms with Crippen LogP contribution in [-0.4, -0.2) is 28.9 Å². The highest BCUT2D eigenvalue weighted by Gasteiger charge is 2.24. The van der Waals surface area contributed by atoms with E-state index in [2.05, 4.69) is 4.99 Å². The average Bonchev–Trinajstić information content (AvgIpc) is 2.79. The van der Waals surface area contributed by atoms with E-state index in [4.69, 9.17) is 22.0 Å². The second-order valence-corrected chi connectivity index (χ2v) is 4.73. The highest BCUT2D eigenvalue weighted by Crippen LogP contribution is 2.31. The van der Waals surface area contributed by atoms with Gasteiger partial charge in [-0.3, -0.25) is 20.2 Å². The Bertz CT molecular complexity index is 685. The molecule has 0 fully saturated rings. The first-order valence-corrected chi connectivity index (χ1v) is 6.22. The van der Waals surface area contributed by atoms with Crippen LogP contribution >= 0.6 is 0 Å². The Balaban J connectivity index is 2.64. The molecule has 7 nitrogen and oxygen atoms in total. The molecule has 1 aliphatic carbocycles. The maximum atomic E-state index is 12.0. The number of pyridine rings is 1. The van der Waals surface area contributed by atoms with Gasteiger partial charge >= 0.3 is 0 Å². The third-order valence-corrected chi connectivity index (χ3v) is 3.50. The van der Waals surface area contributed by atoms with E-state index >= 15 is 0 Å². The van der Waals surface area contributed by atoms with Gasteiger partial charge in [-0.05, 0) is 30.4 Å². The van der Waals surface area contributed by atoms with Gasteiger partial charge in [0.25, 0.3) is 5.91 Å². The van der Waals surface area contributed by atoms with Crippen LogP contribution < -0.4 is 11.2 Å². The van der Waals surface area contributed by atoms with E-state index < -0.39 is 5.91 Å². The lowest BCUT2D eigenvalue weighted by Gasteiger charge is -2.12. The van der Waals surface area contributed by atoms with Gasteiger partial charge in [0.2, 0.25) is 0 Å². The molecule has 1 amide bonds. The predicted molar refractivity (Wildman–Crippen MR) is 75.9 cm³/mol. The van der Waals surface area contributed by atoms with Crippen LogP contribution in [0.4, 0.5) is 0 Å². The van der Waals surface area contributed by atoms with Crippen molar-refractivity contribution in [3.8, 4) is 0 Å². The van der Waals surface area contributed by atoms with Crippen molar-refractivity contribution >= 4 is 24.3 Å². The van der Waals surface area contributed by atoms with Crippen molar-refractivity contribution < 1.29 is 4.79 Å². The number of hydrogen-bond donors (Lipinski definition) is 4. The van der Waals surface area contributed by atoms with Gasteiger partial charge in [0.15, 0.2) is 0 Å². The summed E-state index contributed by atoms with van der Waals surface area (Å²) in [6, 6.07) is 1.67. The van der Waals surface area contributed by atoms with Crippen LogP contribution in [0.5, 0.6) is 0 Å². The number of rotatable bonds is 3. The Morgan fingerprint density at radius 1 is 1.55 bits per heavy atom. The summed E-state index contributed by atoms with van der Waals surface area (Å²) < 4.78 is 1.40. The molecule has 1 atom stereocenters. The third-order valence-electron chi connectivity index (χ3n) is 3.50. The molecule has 0 radical (unpaired) electrons. The number of nitrogens with one attached hydrogen (secondary N) is 3. The number of aromatic nitrogens is 1. The van der Waals surface area contributed by atoms with E-state index in [9.17, 15) is 4.79 Å². The van der Waals surface area contributed by atoms with Gasteiger partial charge in [0, 0.05) is 5.69 Å². The number of carbonyl (C=O) groups is 1. The van der Waals surface area contributed by atoms with Gasteiger partial charge in [-0.25, -0.2) is 0 Å². The standard InChI is InChI=1S/C13H16N6O/c1-7-2-3-10-8(7)4-9(12(17)19(10)6-15)13(20)18-11(16)5-14/h4-7,14-15,17H,2-3H2,1H3,(H2,16,18,20). The topological polar surface area (TPSA) is 132 Å². The molecule has 0 bridgehead atoms. The Morgan fingerprint density at radius 2 is 2.25 bits per heavy atom. The lowest BCUT2D eigenvalue weighted by atomic mass is 10.0. The van der Waals surface area contributed by atoms with Crippen molar-refractivity contribution in [3.63, 3.8) is 0 Å². The summed E-state index contributed by atoms with van der Waals surface area (Å²) in [6.07, 6.45) is 3.55. The fraction of sp³-hybridized carbons (Fsp3) is 0.308. The van der Waals surface area contributed by atoms with Crippen LogP contribution in [0.2, 0.25) is 0 Å². The SMILES string of the molecule is CC1CCc2c1cc(C(=O)N=C(N)C=N)c(=N)n2C=N. The van der Waals surface area contributed by atoms with Gasteiger partial charge in [0.05, 0.1) is 18.1 Å². The number of hydrogen-bond acceptors (Lipinski definition) is 4. The quantitative estimate of drug-likeness (QED) is 0.474. The molecule has 1 aromatic rings. The number of amidine groups is 1. The molecule has 20 heavy (non-hydrogen) atoms. The lowest BCUT2D eigenvalue weighted by molar-refractivity contribution is 0.100. The van der Waals surface area contributed by atoms with E-state index in [1.54, 1.807) is 6.07 Å². The fourth-order valence-electron chi connectivity index (χ4n) is 2.43. The van der Waals surface area contributed by atoms with Gasteiger partial charge in [-0.2, -0.15) is 4.99 Å². The molecule has 0 aromatic carbocycles. The van der Waals surface area contributed by atoms with Crippen LogP contribution in [0.25, 0.3) is 0 Å². The summed E-state index contributed by atoms with van der Waals surface area (Å²) in [6.45, 7) is 2.05. The molecular formula is C13H16N6O. The Hall–Kier alpha value is -2.57. The van der Waals surface area contributed by atoms with E-state index in [-0.39, 0.29) is 22.8 Å². The number of aliphatic imine (C=N–C) groups is 1. The van der Waals surface area contributed by atoms with Crippen molar-refractivity contribution in [3.05, 3.63) is 28.4 Å². The van der Waals surface area contributed by atoms with Gasteiger partial charge < -0.3 is 11.1 Å². The summed E-state index contributed by atoms with van der Waals surface area (Å²) in [4.78, 5) is 15.6. The molecule has 104 valence electrons. The lowest BCUT2D eigenvalue weighted by Crippen LogP contribution is -2.29. The summed E-state index contributed by atoms with van der Waals surface area (Å²) in [5.41, 5.74) is 7.25. The second kappa shape index (κ2) is 5.20. The minimum atomic E-state index is -0.659. The van der Waals surface area contributed by atoms with Crippen LogP contribution in [0.3, 0.4) is 0 Å². The third kappa shape index (κ3) is 2.18. The molecule has 1 unspecified atom stereocenters. The fourth-order valence-corrected chi connectivity index (χ4v) is 2.43. The molecule has 0 aliphatic heterocycles. The van der Waals surface area contributed by atoms with Crippen LogP contribution in [0.1, 0.15) is 40.9 Å². The second-order valence-electron chi connectivity index (χ2n) is 4.73. The molecular weight excluding hydrogens is 256 g/mol. The molecule has 0 saturated heterocycles. The maximum absolute atomic E-state index is 12.0. The van der Waals surface area contributed by atoms with Gasteiger partial charge in [-0.15, -0.1) is 0 Å². The Morgan fingerprint density at radius 3 is 2.85 bits per heavy atom. The number of nitrogens with two attached hydrogens (primary N) is 1. The molecule has 1 heterocycles. The van der Waals surface area contributed by atoms with Crippen molar-refractivity contribution in [2.24, 2.45) is 10.7 Å². The number of carbonyl (C=O) groups excluding carboxylic acids is 1. The van der Waals surface area contributed by atoms with Crippen molar-refractivity contribution in [2.45, 2.75) is 25.7 Å². The zero-order chi connectivity index (χ0) is 14.9. The first-order valence-electron chi connectivity index (χ1n) is 6.22. The monoisotopic (exact) mass is 272 g/mol. The summed E-state index contributed by atoms with van der Waals surface area (Å²) in [5, 5.41) is 22.4. The average molecular weight is 272 g/mol. The maximum Gasteiger partial charge on any atom is 0.282 e. The molecule has 1 aliphatic rings. The molecule has 0 saturated carbocycles. The Kier molecular flexibility index (Phi) is 3.60.